The van der Waals surface area contributed by atoms with Gasteiger partial charge in [0.05, 0.1) is 22.6 Å². The molecule has 1 aromatic rings. The summed E-state index contributed by atoms with van der Waals surface area (Å²) in [4.78, 5) is 7.03. The van der Waals surface area contributed by atoms with Gasteiger partial charge < -0.3 is 4.74 Å². The standard InChI is InChI=1S/C19H31N3O3S/c1-15(2)26(23,24)20-13-18-7-8-19(25-18)9-11-22(12-10-19)14-17-6-4-5-16(3)21-17/h4-6,15,18,20H,7-14H2,1-3H3. The van der Waals surface area contributed by atoms with Gasteiger partial charge in [0.1, 0.15) is 0 Å². The van der Waals surface area contributed by atoms with Gasteiger partial charge in [0.25, 0.3) is 0 Å². The van der Waals surface area contributed by atoms with Crippen LogP contribution in [0.15, 0.2) is 18.2 Å². The molecule has 6 nitrogen and oxygen atoms in total. The summed E-state index contributed by atoms with van der Waals surface area (Å²) in [6.07, 6.45) is 3.96. The first-order valence-electron chi connectivity index (χ1n) is 9.59. The van der Waals surface area contributed by atoms with Gasteiger partial charge in [0.15, 0.2) is 0 Å². The van der Waals surface area contributed by atoms with Crippen LogP contribution in [0.4, 0.5) is 0 Å². The maximum Gasteiger partial charge on any atom is 0.214 e. The van der Waals surface area contributed by atoms with Crippen molar-refractivity contribution < 1.29 is 13.2 Å². The first kappa shape index (κ1) is 19.7. The van der Waals surface area contributed by atoms with Crippen LogP contribution in [0, 0.1) is 6.92 Å². The van der Waals surface area contributed by atoms with Crippen LogP contribution in [-0.4, -0.2) is 54.9 Å². The number of aryl methyl sites for hydroxylation is 1. The minimum absolute atomic E-state index is 0.00601. The molecule has 26 heavy (non-hydrogen) atoms. The summed E-state index contributed by atoms with van der Waals surface area (Å²) in [5.74, 6) is 0. The first-order chi connectivity index (χ1) is 12.3. The van der Waals surface area contributed by atoms with Crippen LogP contribution in [-0.2, 0) is 21.3 Å². The number of sulfonamides is 1. The quantitative estimate of drug-likeness (QED) is 0.818. The summed E-state index contributed by atoms with van der Waals surface area (Å²) in [6.45, 7) is 8.68. The van der Waals surface area contributed by atoms with E-state index in [4.69, 9.17) is 4.74 Å². The number of likely N-dealkylation sites (tertiary alicyclic amines) is 1. The maximum absolute atomic E-state index is 11.9. The second-order valence-electron chi connectivity index (χ2n) is 7.95. The van der Waals surface area contributed by atoms with E-state index in [1.54, 1.807) is 13.8 Å². The number of ether oxygens (including phenoxy) is 1. The predicted octanol–water partition coefficient (Wildman–Crippen LogP) is 2.23. The van der Waals surface area contributed by atoms with E-state index in [-0.39, 0.29) is 11.7 Å². The zero-order chi connectivity index (χ0) is 18.8. The minimum atomic E-state index is -3.22. The fourth-order valence-corrected chi connectivity index (χ4v) is 4.57. The number of hydrogen-bond donors (Lipinski definition) is 1. The van der Waals surface area contributed by atoms with E-state index in [1.807, 2.05) is 13.0 Å². The monoisotopic (exact) mass is 381 g/mol. The SMILES string of the molecule is Cc1cccc(CN2CCC3(CCC(CNS(=O)(=O)C(C)C)O3)CC2)n1. The molecule has 3 rings (SSSR count). The van der Waals surface area contributed by atoms with Gasteiger partial charge >= 0.3 is 0 Å². The van der Waals surface area contributed by atoms with Crippen LogP contribution in [0.5, 0.6) is 0 Å². The maximum atomic E-state index is 11.9. The van der Waals surface area contributed by atoms with Crippen LogP contribution in [0.1, 0.15) is 50.9 Å². The Morgan fingerprint density at radius 1 is 1.31 bits per heavy atom. The van der Waals surface area contributed by atoms with Crippen molar-refractivity contribution in [2.24, 2.45) is 0 Å². The average Bonchev–Trinajstić information content (AvgIpc) is 2.98. The molecule has 146 valence electrons. The molecule has 2 aliphatic heterocycles. The van der Waals surface area contributed by atoms with Gasteiger partial charge in [0, 0.05) is 31.9 Å². The Labute approximate surface area is 157 Å². The summed E-state index contributed by atoms with van der Waals surface area (Å²) >= 11 is 0. The van der Waals surface area contributed by atoms with Gasteiger partial charge in [-0.3, -0.25) is 9.88 Å². The molecule has 1 aromatic heterocycles. The van der Waals surface area contributed by atoms with Gasteiger partial charge in [-0.2, -0.15) is 0 Å². The zero-order valence-electron chi connectivity index (χ0n) is 16.1. The smallest absolute Gasteiger partial charge is 0.214 e. The number of nitrogens with zero attached hydrogens (tertiary/aromatic N) is 2. The highest BCUT2D eigenvalue weighted by atomic mass is 32.2. The van der Waals surface area contributed by atoms with Crippen LogP contribution in [0.3, 0.4) is 0 Å². The summed E-state index contributed by atoms with van der Waals surface area (Å²) in [7, 11) is -3.22. The second-order valence-corrected chi connectivity index (χ2v) is 10.3. The lowest BCUT2D eigenvalue weighted by atomic mass is 9.88. The van der Waals surface area contributed by atoms with Crippen molar-refractivity contribution in [1.29, 1.82) is 0 Å². The van der Waals surface area contributed by atoms with Gasteiger partial charge in [0.2, 0.25) is 10.0 Å². The molecule has 1 N–H and O–H groups in total. The molecule has 2 aliphatic rings. The highest BCUT2D eigenvalue weighted by Crippen LogP contribution is 2.39. The van der Waals surface area contributed by atoms with E-state index in [0.717, 1.165) is 56.7 Å². The van der Waals surface area contributed by atoms with E-state index in [1.165, 1.54) is 0 Å². The number of pyridine rings is 1. The van der Waals surface area contributed by atoms with Crippen molar-refractivity contribution in [2.75, 3.05) is 19.6 Å². The topological polar surface area (TPSA) is 71.5 Å². The van der Waals surface area contributed by atoms with Gasteiger partial charge in [-0.25, -0.2) is 13.1 Å². The highest BCUT2D eigenvalue weighted by Gasteiger charge is 2.42. The molecule has 0 aliphatic carbocycles. The normalized spacial score (nSPS) is 23.8. The third-order valence-corrected chi connectivity index (χ3v) is 7.38. The first-order valence-corrected chi connectivity index (χ1v) is 11.1. The molecule has 3 heterocycles. The van der Waals surface area contributed by atoms with Crippen molar-refractivity contribution in [3.8, 4) is 0 Å². The molecular formula is C19H31N3O3S. The summed E-state index contributed by atoms with van der Waals surface area (Å²) in [6, 6.07) is 6.17. The lowest BCUT2D eigenvalue weighted by Gasteiger charge is -2.39. The van der Waals surface area contributed by atoms with Crippen molar-refractivity contribution in [3.63, 3.8) is 0 Å². The van der Waals surface area contributed by atoms with Gasteiger partial charge in [-0.15, -0.1) is 0 Å². The molecule has 0 bridgehead atoms. The predicted molar refractivity (Wildman–Crippen MR) is 102 cm³/mol. The Morgan fingerprint density at radius 2 is 2.04 bits per heavy atom. The molecule has 0 radical (unpaired) electrons. The fourth-order valence-electron chi connectivity index (χ4n) is 3.82. The average molecular weight is 382 g/mol. The van der Waals surface area contributed by atoms with E-state index in [0.29, 0.717) is 6.54 Å². The molecule has 7 heteroatoms. The number of piperidine rings is 1. The van der Waals surface area contributed by atoms with Crippen molar-refractivity contribution >= 4 is 10.0 Å². The molecule has 0 aromatic carbocycles. The number of hydrogen-bond acceptors (Lipinski definition) is 5. The van der Waals surface area contributed by atoms with Crippen LogP contribution < -0.4 is 4.72 Å². The molecule has 0 amide bonds. The Kier molecular flexibility index (Phi) is 6.01. The summed E-state index contributed by atoms with van der Waals surface area (Å²) in [5, 5.41) is -0.406. The largest absolute Gasteiger partial charge is 0.370 e. The third-order valence-electron chi connectivity index (χ3n) is 5.57. The number of nitrogens with one attached hydrogen (secondary N) is 1. The molecule has 2 saturated heterocycles. The molecule has 1 unspecified atom stereocenters. The Hall–Kier alpha value is -1.02. The number of rotatable bonds is 6. The third kappa shape index (κ3) is 4.82. The summed E-state index contributed by atoms with van der Waals surface area (Å²) < 4.78 is 32.8. The van der Waals surface area contributed by atoms with Crippen molar-refractivity contribution in [2.45, 2.75) is 70.0 Å². The Balaban J connectivity index is 1.47. The van der Waals surface area contributed by atoms with Gasteiger partial charge in [-0.05, 0) is 58.6 Å². The van der Waals surface area contributed by atoms with Crippen molar-refractivity contribution in [3.05, 3.63) is 29.6 Å². The lowest BCUT2D eigenvalue weighted by molar-refractivity contribution is -0.0759. The van der Waals surface area contributed by atoms with Gasteiger partial charge in [-0.1, -0.05) is 6.07 Å². The zero-order valence-corrected chi connectivity index (χ0v) is 16.9. The summed E-state index contributed by atoms with van der Waals surface area (Å²) in [5.41, 5.74) is 2.11. The van der Waals surface area contributed by atoms with E-state index in [2.05, 4.69) is 26.7 Å². The molecule has 1 spiro atoms. The minimum Gasteiger partial charge on any atom is -0.370 e. The van der Waals surface area contributed by atoms with Crippen LogP contribution in [0.2, 0.25) is 0 Å². The Bertz CT molecular complexity index is 712. The highest BCUT2D eigenvalue weighted by molar-refractivity contribution is 7.90. The van der Waals surface area contributed by atoms with E-state index in [9.17, 15) is 8.42 Å². The Morgan fingerprint density at radius 3 is 2.69 bits per heavy atom. The van der Waals surface area contributed by atoms with E-state index < -0.39 is 15.3 Å². The van der Waals surface area contributed by atoms with Crippen LogP contribution in [0.25, 0.3) is 0 Å². The van der Waals surface area contributed by atoms with Crippen molar-refractivity contribution in [1.82, 2.24) is 14.6 Å². The number of aromatic nitrogens is 1. The molecule has 1 atom stereocenters. The molecular weight excluding hydrogens is 350 g/mol. The lowest BCUT2D eigenvalue weighted by Crippen LogP contribution is -2.45. The van der Waals surface area contributed by atoms with Crippen LogP contribution >= 0.6 is 0 Å². The second kappa shape index (κ2) is 7.92. The molecule has 2 fully saturated rings. The fraction of sp³-hybridized carbons (Fsp3) is 0.737. The molecule has 0 saturated carbocycles. The van der Waals surface area contributed by atoms with E-state index >= 15 is 0 Å².